The van der Waals surface area contributed by atoms with Gasteiger partial charge in [0.25, 0.3) is 0 Å². The molecular weight excluding hydrogens is 889 g/mol. The van der Waals surface area contributed by atoms with Gasteiger partial charge in [-0.2, -0.15) is 4.99 Å². The summed E-state index contributed by atoms with van der Waals surface area (Å²) in [5.74, 6) is 0.777. The maximum Gasteiger partial charge on any atom is 0.225 e. The van der Waals surface area contributed by atoms with Crippen LogP contribution in [0.25, 0.3) is 72.5 Å². The van der Waals surface area contributed by atoms with E-state index in [0.29, 0.717) is 11.8 Å². The van der Waals surface area contributed by atoms with Gasteiger partial charge in [-0.1, -0.05) is 200 Å². The van der Waals surface area contributed by atoms with Crippen molar-refractivity contribution in [3.8, 4) is 44.5 Å². The van der Waals surface area contributed by atoms with Gasteiger partial charge < -0.3 is 15.5 Å². The Kier molecular flexibility index (Phi) is 13.9. The number of benzene rings is 8. The largest absolute Gasteiger partial charge is 0.456 e. The van der Waals surface area contributed by atoms with Gasteiger partial charge in [-0.25, -0.2) is 4.99 Å². The fourth-order valence-corrected chi connectivity index (χ4v) is 10.3. The van der Waals surface area contributed by atoms with Crippen molar-refractivity contribution in [1.82, 2.24) is 0 Å². The van der Waals surface area contributed by atoms with E-state index >= 15 is 0 Å². The number of hydrogen-bond acceptors (Lipinski definition) is 2. The van der Waals surface area contributed by atoms with Crippen LogP contribution < -0.4 is 11.1 Å². The lowest BCUT2D eigenvalue weighted by atomic mass is 9.89. The zero-order chi connectivity index (χ0) is 50.6. The number of fused-ring (bicyclic) bond motifs is 6. The lowest BCUT2D eigenvalue weighted by Crippen LogP contribution is -2.21. The molecule has 0 radical (unpaired) electrons. The first-order chi connectivity index (χ1) is 35.6. The first-order valence-corrected chi connectivity index (χ1v) is 25.5. The molecule has 0 fully saturated rings. The van der Waals surface area contributed by atoms with Crippen molar-refractivity contribution in [3.05, 3.63) is 250 Å². The average molecular weight is 951 g/mol. The van der Waals surface area contributed by atoms with E-state index in [2.05, 4.69) is 223 Å². The Morgan fingerprint density at radius 3 is 2.22 bits per heavy atom. The molecule has 1 aromatic heterocycles. The van der Waals surface area contributed by atoms with E-state index < -0.39 is 0 Å². The third kappa shape index (κ3) is 10.0. The second-order valence-electron chi connectivity index (χ2n) is 19.3. The van der Waals surface area contributed by atoms with Crippen molar-refractivity contribution >= 4 is 45.5 Å². The standard InChI is InChI=1S/C68H62N4O/c1-8-18-49-20-16-26-60(56(49)10-3)63-27-17-25-59(53-22-15-21-51(39-53)48-31-29-47(30-32-48)38-45(6)44(5)37-43(4)9-2)66(63)71-68(70-46(7)50-33-36-62-61-24-13-14-28-64(61)73-65(62)42-50)72-67(69)54-34-35-58-55(41-54)40-52-19-11-12-23-57(52)58/h8-9,11-37,39,41-42,46H,2,10,38,40H2,1,3-7H3,(H3,69,70,71,72)/b18-8-,43-37-,45-44+. The highest BCUT2D eigenvalue weighted by atomic mass is 16.3. The first kappa shape index (κ1) is 48.1. The van der Waals surface area contributed by atoms with Crippen molar-refractivity contribution in [3.63, 3.8) is 0 Å². The van der Waals surface area contributed by atoms with Gasteiger partial charge in [-0.3, -0.25) is 0 Å². The SMILES string of the molecule is C=C/C(C)=C\C(C)=C(/C)Cc1ccc(-c2cccc(-c3cccc(-c4cccc(/C=C\C)c4CC)c3NC(=NC(C)c3ccc4c(c3)oc3ccccc34)/N=C(\N)c3ccc4c(c3)Cc3ccccc3-4)c2)cc1. The van der Waals surface area contributed by atoms with Crippen LogP contribution in [0.15, 0.2) is 226 Å². The predicted octanol–water partition coefficient (Wildman–Crippen LogP) is 17.7. The van der Waals surface area contributed by atoms with Crippen LogP contribution in [-0.2, 0) is 19.3 Å². The molecule has 1 aliphatic rings. The van der Waals surface area contributed by atoms with Gasteiger partial charge in [0, 0.05) is 27.5 Å². The molecule has 0 aliphatic heterocycles. The Morgan fingerprint density at radius 1 is 0.685 bits per heavy atom. The number of aliphatic imine (C=N–C) groups is 2. The van der Waals surface area contributed by atoms with Gasteiger partial charge in [0.2, 0.25) is 5.96 Å². The second-order valence-corrected chi connectivity index (χ2v) is 19.3. The molecule has 1 aliphatic carbocycles. The van der Waals surface area contributed by atoms with Crippen LogP contribution in [0.1, 0.15) is 86.5 Å². The highest BCUT2D eigenvalue weighted by Crippen LogP contribution is 2.42. The Bertz CT molecular complexity index is 3730. The summed E-state index contributed by atoms with van der Waals surface area (Å²) in [4.78, 5) is 10.7. The van der Waals surface area contributed by atoms with Crippen LogP contribution in [0.2, 0.25) is 0 Å². The monoisotopic (exact) mass is 950 g/mol. The minimum Gasteiger partial charge on any atom is -0.456 e. The smallest absolute Gasteiger partial charge is 0.225 e. The van der Waals surface area contributed by atoms with E-state index in [-0.39, 0.29) is 6.04 Å². The molecule has 0 spiro atoms. The topological polar surface area (TPSA) is 75.9 Å². The van der Waals surface area contributed by atoms with Crippen LogP contribution in [0.4, 0.5) is 5.69 Å². The van der Waals surface area contributed by atoms with Crippen LogP contribution in [-0.4, -0.2) is 11.8 Å². The van der Waals surface area contributed by atoms with Crippen LogP contribution in [0.3, 0.4) is 0 Å². The summed E-state index contributed by atoms with van der Waals surface area (Å²) < 4.78 is 6.37. The van der Waals surface area contributed by atoms with Crippen LogP contribution >= 0.6 is 0 Å². The van der Waals surface area contributed by atoms with Gasteiger partial charge >= 0.3 is 0 Å². The van der Waals surface area contributed by atoms with E-state index in [1.165, 1.54) is 50.1 Å². The van der Waals surface area contributed by atoms with E-state index in [0.717, 1.165) is 97.0 Å². The van der Waals surface area contributed by atoms with Crippen molar-refractivity contribution in [2.75, 3.05) is 5.32 Å². The predicted molar refractivity (Wildman–Crippen MR) is 311 cm³/mol. The maximum atomic E-state index is 7.14. The average Bonchev–Trinajstić information content (AvgIpc) is 3.99. The summed E-state index contributed by atoms with van der Waals surface area (Å²) in [6.07, 6.45) is 11.0. The van der Waals surface area contributed by atoms with E-state index in [1.54, 1.807) is 0 Å². The number of hydrogen-bond donors (Lipinski definition) is 2. The fraction of sp³-hybridized carbons (Fsp3) is 0.147. The zero-order valence-electron chi connectivity index (χ0n) is 42.8. The Morgan fingerprint density at radius 2 is 1.40 bits per heavy atom. The van der Waals surface area contributed by atoms with Gasteiger partial charge in [0.05, 0.1) is 11.7 Å². The van der Waals surface area contributed by atoms with E-state index in [4.69, 9.17) is 20.1 Å². The molecule has 360 valence electrons. The fourth-order valence-electron chi connectivity index (χ4n) is 10.3. The number of allylic oxidation sites excluding steroid dienone is 6. The molecule has 73 heavy (non-hydrogen) atoms. The molecule has 5 nitrogen and oxygen atoms in total. The first-order valence-electron chi connectivity index (χ1n) is 25.5. The molecule has 1 heterocycles. The van der Waals surface area contributed by atoms with Crippen LogP contribution in [0.5, 0.6) is 0 Å². The molecule has 9 aromatic rings. The highest BCUT2D eigenvalue weighted by molar-refractivity contribution is 6.12. The number of para-hydroxylation sites is 2. The minimum atomic E-state index is -0.326. The Balaban J connectivity index is 1.10. The maximum absolute atomic E-state index is 7.14. The second kappa shape index (κ2) is 21.0. The van der Waals surface area contributed by atoms with Crippen molar-refractivity contribution in [2.24, 2.45) is 15.7 Å². The third-order valence-electron chi connectivity index (χ3n) is 14.4. The summed E-state index contributed by atoms with van der Waals surface area (Å²) in [6, 6.07) is 60.2. The molecule has 0 saturated carbocycles. The third-order valence-corrected chi connectivity index (χ3v) is 14.4. The number of nitrogens with zero attached hydrogens (tertiary/aromatic N) is 2. The minimum absolute atomic E-state index is 0.326. The quantitative estimate of drug-likeness (QED) is 0.0687. The van der Waals surface area contributed by atoms with Crippen LogP contribution in [0, 0.1) is 0 Å². The molecule has 0 amide bonds. The van der Waals surface area contributed by atoms with Crippen molar-refractivity contribution in [1.29, 1.82) is 0 Å². The molecule has 5 heteroatoms. The molecule has 0 bridgehead atoms. The molecule has 1 atom stereocenters. The van der Waals surface area contributed by atoms with E-state index in [9.17, 15) is 0 Å². The molecule has 3 N–H and O–H groups in total. The molecule has 10 rings (SSSR count). The summed E-state index contributed by atoms with van der Waals surface area (Å²) in [7, 11) is 0. The Hall–Kier alpha value is -8.54. The summed E-state index contributed by atoms with van der Waals surface area (Å²) in [5, 5.41) is 6.04. The number of anilines is 1. The summed E-state index contributed by atoms with van der Waals surface area (Å²) in [5.41, 5.74) is 30.7. The van der Waals surface area contributed by atoms with Crippen molar-refractivity contribution in [2.45, 2.75) is 66.8 Å². The normalized spacial score (nSPS) is 13.6. The van der Waals surface area contributed by atoms with Crippen molar-refractivity contribution < 1.29 is 4.42 Å². The summed E-state index contributed by atoms with van der Waals surface area (Å²) >= 11 is 0. The number of nitrogens with one attached hydrogen (secondary N) is 1. The lowest BCUT2D eigenvalue weighted by Gasteiger charge is -2.21. The summed E-state index contributed by atoms with van der Waals surface area (Å²) in [6.45, 7) is 16.8. The number of guanidine groups is 1. The van der Waals surface area contributed by atoms with Gasteiger partial charge in [-0.05, 0) is 145 Å². The number of nitrogens with two attached hydrogens (primary N) is 1. The molecule has 0 saturated heterocycles. The molecular formula is C68H62N4O. The van der Waals surface area contributed by atoms with Gasteiger partial charge in [0.15, 0.2) is 0 Å². The molecule has 8 aromatic carbocycles. The number of amidine groups is 1. The highest BCUT2D eigenvalue weighted by Gasteiger charge is 2.22. The van der Waals surface area contributed by atoms with Gasteiger partial charge in [-0.15, -0.1) is 0 Å². The van der Waals surface area contributed by atoms with Gasteiger partial charge in [0.1, 0.15) is 17.0 Å². The van der Waals surface area contributed by atoms with E-state index in [1.807, 2.05) is 24.3 Å². The number of furan rings is 1. The zero-order valence-corrected chi connectivity index (χ0v) is 42.8. The number of rotatable bonds is 13. The lowest BCUT2D eigenvalue weighted by molar-refractivity contribution is 0.667. The molecule has 1 unspecified atom stereocenters. The Labute approximate surface area is 430 Å².